The lowest BCUT2D eigenvalue weighted by Gasteiger charge is -2.33. The number of fused-ring (bicyclic) bond motifs is 1. The summed E-state index contributed by atoms with van der Waals surface area (Å²) < 4.78 is 17.4. The molecule has 0 spiro atoms. The lowest BCUT2D eigenvalue weighted by molar-refractivity contribution is -0.384. The Balaban J connectivity index is 1.67. The molecule has 3 aromatic rings. The number of rotatable bonds is 7. The summed E-state index contributed by atoms with van der Waals surface area (Å²) in [6.45, 7) is 1.84. The van der Waals surface area contributed by atoms with Crippen LogP contribution in [-0.2, 0) is 9.47 Å². The molecule has 1 aliphatic rings. The predicted octanol–water partition coefficient (Wildman–Crippen LogP) is 6.00. The molecule has 0 aromatic heterocycles. The highest BCUT2D eigenvalue weighted by Gasteiger charge is 2.33. The number of esters is 1. The standard InChI is InChI=1S/C26H27NO6/c1-17(31-2)32-24-16-13-18-7-3-4-8-21(18)25(24)22-9-5-6-10-23(22)33-26(28)19-11-14-20(15-12-19)27(29)30/h3-4,7-8,11-17,22-23H,5-6,9-10H2,1-2H3/t17-,22+,23-/m0/s1. The van der Waals surface area contributed by atoms with E-state index >= 15 is 0 Å². The second-order valence-corrected chi connectivity index (χ2v) is 8.26. The second-order valence-electron chi connectivity index (χ2n) is 8.26. The van der Waals surface area contributed by atoms with Crippen molar-refractivity contribution >= 4 is 22.4 Å². The number of nitro benzene ring substituents is 1. The maximum absolute atomic E-state index is 12.9. The van der Waals surface area contributed by atoms with E-state index in [0.29, 0.717) is 5.56 Å². The van der Waals surface area contributed by atoms with Crippen LogP contribution in [0.25, 0.3) is 10.8 Å². The maximum atomic E-state index is 12.9. The van der Waals surface area contributed by atoms with Crippen LogP contribution in [-0.4, -0.2) is 30.4 Å². The van der Waals surface area contributed by atoms with Crippen molar-refractivity contribution in [2.45, 2.75) is 50.9 Å². The van der Waals surface area contributed by atoms with Crippen molar-refractivity contribution in [1.82, 2.24) is 0 Å². The van der Waals surface area contributed by atoms with Crippen LogP contribution >= 0.6 is 0 Å². The molecule has 0 radical (unpaired) electrons. The van der Waals surface area contributed by atoms with Crippen molar-refractivity contribution in [1.29, 1.82) is 0 Å². The Labute approximate surface area is 192 Å². The van der Waals surface area contributed by atoms with Crippen molar-refractivity contribution < 1.29 is 23.9 Å². The first-order valence-electron chi connectivity index (χ1n) is 11.1. The molecule has 0 amide bonds. The number of non-ortho nitro benzene ring substituents is 1. The third-order valence-electron chi connectivity index (χ3n) is 6.20. The summed E-state index contributed by atoms with van der Waals surface area (Å²) in [6, 6.07) is 17.6. The number of hydrogen-bond acceptors (Lipinski definition) is 6. The average molecular weight is 450 g/mol. The molecule has 1 aliphatic carbocycles. The molecule has 3 atom stereocenters. The molecular weight excluding hydrogens is 422 g/mol. The quantitative estimate of drug-likeness (QED) is 0.190. The van der Waals surface area contributed by atoms with E-state index in [9.17, 15) is 14.9 Å². The van der Waals surface area contributed by atoms with Gasteiger partial charge in [0.05, 0.1) is 10.5 Å². The fourth-order valence-corrected chi connectivity index (χ4v) is 4.48. The monoisotopic (exact) mass is 449 g/mol. The molecule has 1 fully saturated rings. The zero-order chi connectivity index (χ0) is 23.4. The van der Waals surface area contributed by atoms with E-state index in [1.807, 2.05) is 31.2 Å². The molecular formula is C26H27NO6. The van der Waals surface area contributed by atoms with Gasteiger partial charge in [0, 0.05) is 30.7 Å². The van der Waals surface area contributed by atoms with Crippen molar-refractivity contribution in [3.63, 3.8) is 0 Å². The molecule has 172 valence electrons. The van der Waals surface area contributed by atoms with E-state index in [4.69, 9.17) is 14.2 Å². The Morgan fingerprint density at radius 3 is 2.48 bits per heavy atom. The molecule has 0 heterocycles. The first kappa shape index (κ1) is 22.7. The van der Waals surface area contributed by atoms with Gasteiger partial charge < -0.3 is 14.2 Å². The number of carbonyl (C=O) groups is 1. The topological polar surface area (TPSA) is 87.9 Å². The molecule has 7 nitrogen and oxygen atoms in total. The van der Waals surface area contributed by atoms with E-state index in [1.165, 1.54) is 24.3 Å². The van der Waals surface area contributed by atoms with Gasteiger partial charge in [0.2, 0.25) is 0 Å². The van der Waals surface area contributed by atoms with E-state index in [1.54, 1.807) is 7.11 Å². The molecule has 7 heteroatoms. The van der Waals surface area contributed by atoms with Gasteiger partial charge in [-0.2, -0.15) is 0 Å². The highest BCUT2D eigenvalue weighted by atomic mass is 16.7. The van der Waals surface area contributed by atoms with Gasteiger partial charge in [-0.25, -0.2) is 4.79 Å². The lowest BCUT2D eigenvalue weighted by Crippen LogP contribution is -2.29. The van der Waals surface area contributed by atoms with Crippen molar-refractivity contribution in [2.24, 2.45) is 0 Å². The van der Waals surface area contributed by atoms with Gasteiger partial charge in [0.1, 0.15) is 11.9 Å². The maximum Gasteiger partial charge on any atom is 0.338 e. The number of ether oxygens (including phenoxy) is 3. The summed E-state index contributed by atoms with van der Waals surface area (Å²) in [5.41, 5.74) is 1.26. The highest BCUT2D eigenvalue weighted by molar-refractivity contribution is 5.90. The SMILES string of the molecule is CO[C@H](C)Oc1ccc2ccccc2c1[C@@H]1CCCC[C@@H]1OC(=O)c1ccc([N+](=O)[O-])cc1. The number of methoxy groups -OCH3 is 1. The molecule has 3 aromatic carbocycles. The summed E-state index contributed by atoms with van der Waals surface area (Å²) >= 11 is 0. The fourth-order valence-electron chi connectivity index (χ4n) is 4.48. The summed E-state index contributed by atoms with van der Waals surface area (Å²) in [5.74, 6) is 0.215. The molecule has 0 bridgehead atoms. The van der Waals surface area contributed by atoms with Gasteiger partial charge in [0.15, 0.2) is 6.29 Å². The summed E-state index contributed by atoms with van der Waals surface area (Å²) in [6.07, 6.45) is 2.85. The number of benzene rings is 3. The summed E-state index contributed by atoms with van der Waals surface area (Å²) in [7, 11) is 1.60. The average Bonchev–Trinajstić information content (AvgIpc) is 2.84. The van der Waals surface area contributed by atoms with Crippen LogP contribution in [0.4, 0.5) is 5.69 Å². The van der Waals surface area contributed by atoms with Crippen LogP contribution in [0.15, 0.2) is 60.7 Å². The largest absolute Gasteiger partial charge is 0.465 e. The molecule has 0 N–H and O–H groups in total. The van der Waals surface area contributed by atoms with Crippen LogP contribution in [0.3, 0.4) is 0 Å². The molecule has 33 heavy (non-hydrogen) atoms. The Bertz CT molecular complexity index is 1140. The van der Waals surface area contributed by atoms with Crippen molar-refractivity contribution in [3.8, 4) is 5.75 Å². The minimum absolute atomic E-state index is 0.0362. The predicted molar refractivity (Wildman–Crippen MR) is 125 cm³/mol. The number of hydrogen-bond donors (Lipinski definition) is 0. The molecule has 0 unspecified atom stereocenters. The Hall–Kier alpha value is -3.45. The molecule has 4 rings (SSSR count). The van der Waals surface area contributed by atoms with Gasteiger partial charge in [-0.3, -0.25) is 10.1 Å². The number of nitro groups is 1. The first-order chi connectivity index (χ1) is 16.0. The first-order valence-corrected chi connectivity index (χ1v) is 11.1. The molecule has 0 aliphatic heterocycles. The van der Waals surface area contributed by atoms with Gasteiger partial charge in [0.25, 0.3) is 5.69 Å². The van der Waals surface area contributed by atoms with Gasteiger partial charge in [-0.1, -0.05) is 36.8 Å². The van der Waals surface area contributed by atoms with Crippen molar-refractivity contribution in [3.05, 3.63) is 81.9 Å². The van der Waals surface area contributed by atoms with Crippen LogP contribution < -0.4 is 4.74 Å². The van der Waals surface area contributed by atoms with Crippen LogP contribution in [0.1, 0.15) is 54.4 Å². The number of nitrogens with zero attached hydrogens (tertiary/aromatic N) is 1. The van der Waals surface area contributed by atoms with Crippen LogP contribution in [0, 0.1) is 10.1 Å². The van der Waals surface area contributed by atoms with Crippen molar-refractivity contribution in [2.75, 3.05) is 7.11 Å². The van der Waals surface area contributed by atoms with E-state index in [-0.39, 0.29) is 17.7 Å². The fraction of sp³-hybridized carbons (Fsp3) is 0.346. The minimum Gasteiger partial charge on any atom is -0.465 e. The van der Waals surface area contributed by atoms with E-state index in [2.05, 4.69) is 12.1 Å². The van der Waals surface area contributed by atoms with Crippen LogP contribution in [0.2, 0.25) is 0 Å². The Kier molecular flexibility index (Phi) is 6.89. The number of carbonyl (C=O) groups excluding carboxylic acids is 1. The van der Waals surface area contributed by atoms with Gasteiger partial charge in [-0.15, -0.1) is 0 Å². The molecule has 0 saturated heterocycles. The zero-order valence-corrected chi connectivity index (χ0v) is 18.7. The lowest BCUT2D eigenvalue weighted by atomic mass is 9.79. The van der Waals surface area contributed by atoms with Crippen LogP contribution in [0.5, 0.6) is 5.75 Å². The van der Waals surface area contributed by atoms with Gasteiger partial charge >= 0.3 is 5.97 Å². The second kappa shape index (κ2) is 10.0. The summed E-state index contributed by atoms with van der Waals surface area (Å²) in [5, 5.41) is 13.1. The van der Waals surface area contributed by atoms with E-state index in [0.717, 1.165) is 47.8 Å². The van der Waals surface area contributed by atoms with E-state index < -0.39 is 17.2 Å². The van der Waals surface area contributed by atoms with Gasteiger partial charge in [-0.05, 0) is 55.2 Å². The highest BCUT2D eigenvalue weighted by Crippen LogP contribution is 2.43. The Morgan fingerprint density at radius 2 is 1.76 bits per heavy atom. The Morgan fingerprint density at radius 1 is 1.03 bits per heavy atom. The third-order valence-corrected chi connectivity index (χ3v) is 6.20. The minimum atomic E-state index is -0.491. The smallest absolute Gasteiger partial charge is 0.338 e. The molecule has 1 saturated carbocycles. The normalized spacial score (nSPS) is 19.1. The third kappa shape index (κ3) is 4.98. The zero-order valence-electron chi connectivity index (χ0n) is 18.7. The summed E-state index contributed by atoms with van der Waals surface area (Å²) in [4.78, 5) is 23.3.